The second-order valence-corrected chi connectivity index (χ2v) is 3.23. The Kier molecular flexibility index (Phi) is 2.69. The molecule has 0 spiro atoms. The molecule has 0 N–H and O–H groups in total. The van der Waals surface area contributed by atoms with E-state index >= 15 is 0 Å². The zero-order chi connectivity index (χ0) is 11.7. The van der Waals surface area contributed by atoms with Crippen LogP contribution >= 0.6 is 0 Å². The molecule has 1 unspecified atom stereocenters. The van der Waals surface area contributed by atoms with Crippen molar-refractivity contribution in [3.63, 3.8) is 0 Å². The lowest BCUT2D eigenvalue weighted by atomic mass is 10.2. The molecular weight excluding hydrogens is 224 g/mol. The zero-order valence-electron chi connectivity index (χ0n) is 7.98. The van der Waals surface area contributed by atoms with E-state index in [1.807, 2.05) is 0 Å². The van der Waals surface area contributed by atoms with Gasteiger partial charge in [-0.3, -0.25) is 10.1 Å². The SMILES string of the molecule is O=[N+]([O-])c1ccc(F)c(F)c1OCC1CO1. The van der Waals surface area contributed by atoms with Crippen molar-refractivity contribution in [2.45, 2.75) is 6.10 Å². The maximum atomic E-state index is 13.2. The molecule has 1 aliphatic heterocycles. The normalized spacial score (nSPS) is 18.2. The summed E-state index contributed by atoms with van der Waals surface area (Å²) in [6.45, 7) is 0.436. The second kappa shape index (κ2) is 4.01. The molecule has 0 bridgehead atoms. The number of nitro groups is 1. The van der Waals surface area contributed by atoms with E-state index in [4.69, 9.17) is 9.47 Å². The van der Waals surface area contributed by atoms with Gasteiger partial charge in [0.05, 0.1) is 11.5 Å². The lowest BCUT2D eigenvalue weighted by Crippen LogP contribution is -2.08. The first kappa shape index (κ1) is 10.7. The van der Waals surface area contributed by atoms with Gasteiger partial charge in [0.2, 0.25) is 11.6 Å². The van der Waals surface area contributed by atoms with Gasteiger partial charge in [-0.25, -0.2) is 4.39 Å². The smallest absolute Gasteiger partial charge is 0.314 e. The van der Waals surface area contributed by atoms with E-state index in [-0.39, 0.29) is 12.7 Å². The predicted octanol–water partition coefficient (Wildman–Crippen LogP) is 1.65. The maximum Gasteiger partial charge on any atom is 0.314 e. The number of hydrogen-bond acceptors (Lipinski definition) is 4. The number of epoxide rings is 1. The summed E-state index contributed by atoms with van der Waals surface area (Å²) >= 11 is 0. The minimum Gasteiger partial charge on any atom is -0.482 e. The van der Waals surface area contributed by atoms with Gasteiger partial charge in [0.25, 0.3) is 0 Å². The van der Waals surface area contributed by atoms with Crippen LogP contribution in [-0.2, 0) is 4.74 Å². The topological polar surface area (TPSA) is 64.9 Å². The molecule has 1 saturated heterocycles. The van der Waals surface area contributed by atoms with E-state index in [0.717, 1.165) is 6.07 Å². The molecule has 0 radical (unpaired) electrons. The van der Waals surface area contributed by atoms with Gasteiger partial charge in [-0.15, -0.1) is 0 Å². The molecule has 1 fully saturated rings. The van der Waals surface area contributed by atoms with Crippen LogP contribution < -0.4 is 4.74 Å². The molecule has 1 aliphatic rings. The molecule has 16 heavy (non-hydrogen) atoms. The molecule has 0 amide bonds. The largest absolute Gasteiger partial charge is 0.482 e. The summed E-state index contributed by atoms with van der Waals surface area (Å²) in [5.74, 6) is -3.22. The third kappa shape index (κ3) is 2.08. The molecule has 1 atom stereocenters. The van der Waals surface area contributed by atoms with Crippen LogP contribution in [0, 0.1) is 21.7 Å². The molecule has 2 rings (SSSR count). The van der Waals surface area contributed by atoms with Crippen LogP contribution in [0.25, 0.3) is 0 Å². The maximum absolute atomic E-state index is 13.2. The Morgan fingerprint density at radius 3 is 2.81 bits per heavy atom. The van der Waals surface area contributed by atoms with Crippen molar-refractivity contribution in [3.05, 3.63) is 33.9 Å². The van der Waals surface area contributed by atoms with Gasteiger partial charge in [0.1, 0.15) is 12.7 Å². The minimum atomic E-state index is -1.35. The van der Waals surface area contributed by atoms with Gasteiger partial charge >= 0.3 is 5.69 Å². The predicted molar refractivity (Wildman–Crippen MR) is 48.2 cm³/mol. The second-order valence-electron chi connectivity index (χ2n) is 3.23. The molecule has 86 valence electrons. The summed E-state index contributed by atoms with van der Waals surface area (Å²) in [4.78, 5) is 9.72. The van der Waals surface area contributed by atoms with Crippen LogP contribution in [0.15, 0.2) is 12.1 Å². The Labute approximate surface area is 88.7 Å². The van der Waals surface area contributed by atoms with Gasteiger partial charge in [-0.05, 0) is 6.07 Å². The molecule has 0 saturated carbocycles. The van der Waals surface area contributed by atoms with Crippen LogP contribution in [0.5, 0.6) is 5.75 Å². The summed E-state index contributed by atoms with van der Waals surface area (Å²) < 4.78 is 35.7. The van der Waals surface area contributed by atoms with E-state index in [0.29, 0.717) is 12.7 Å². The number of halogens is 2. The number of nitrogens with zero attached hydrogens (tertiary/aromatic N) is 1. The van der Waals surface area contributed by atoms with Crippen LogP contribution in [0.3, 0.4) is 0 Å². The van der Waals surface area contributed by atoms with Crippen molar-refractivity contribution < 1.29 is 23.2 Å². The summed E-state index contributed by atoms with van der Waals surface area (Å²) in [5, 5.41) is 10.6. The van der Waals surface area contributed by atoms with Crippen molar-refractivity contribution in [2.24, 2.45) is 0 Å². The summed E-state index contributed by atoms with van der Waals surface area (Å²) in [6.07, 6.45) is -0.192. The van der Waals surface area contributed by atoms with Gasteiger partial charge in [0, 0.05) is 6.07 Å². The van der Waals surface area contributed by atoms with Gasteiger partial charge < -0.3 is 9.47 Å². The Balaban J connectivity index is 2.28. The van der Waals surface area contributed by atoms with Crippen LogP contribution in [0.4, 0.5) is 14.5 Å². The Morgan fingerprint density at radius 2 is 2.25 bits per heavy atom. The molecule has 1 aromatic carbocycles. The fourth-order valence-electron chi connectivity index (χ4n) is 1.14. The third-order valence-corrected chi connectivity index (χ3v) is 2.04. The summed E-state index contributed by atoms with van der Waals surface area (Å²) in [7, 11) is 0. The van der Waals surface area contributed by atoms with E-state index in [2.05, 4.69) is 0 Å². The number of ether oxygens (including phenoxy) is 2. The van der Waals surface area contributed by atoms with Gasteiger partial charge in [0.15, 0.2) is 5.82 Å². The highest BCUT2D eigenvalue weighted by Crippen LogP contribution is 2.32. The highest BCUT2D eigenvalue weighted by Gasteiger charge is 2.28. The molecule has 0 aromatic heterocycles. The molecule has 1 heterocycles. The molecule has 7 heteroatoms. The van der Waals surface area contributed by atoms with E-state index in [1.165, 1.54) is 0 Å². The summed E-state index contributed by atoms with van der Waals surface area (Å²) in [5.41, 5.74) is -0.598. The van der Waals surface area contributed by atoms with Crippen molar-refractivity contribution in [3.8, 4) is 5.75 Å². The van der Waals surface area contributed by atoms with Crippen LogP contribution in [-0.4, -0.2) is 24.2 Å². The van der Waals surface area contributed by atoms with Crippen molar-refractivity contribution in [1.29, 1.82) is 0 Å². The molecular formula is C9H7F2NO4. The lowest BCUT2D eigenvalue weighted by molar-refractivity contribution is -0.386. The van der Waals surface area contributed by atoms with E-state index in [9.17, 15) is 18.9 Å². The first-order chi connectivity index (χ1) is 7.59. The van der Waals surface area contributed by atoms with E-state index < -0.39 is 28.0 Å². The number of nitro benzene ring substituents is 1. The Morgan fingerprint density at radius 1 is 1.56 bits per heavy atom. The lowest BCUT2D eigenvalue weighted by Gasteiger charge is -2.06. The number of hydrogen-bond donors (Lipinski definition) is 0. The Bertz CT molecular complexity index is 434. The Hall–Kier alpha value is -1.76. The fraction of sp³-hybridized carbons (Fsp3) is 0.333. The quantitative estimate of drug-likeness (QED) is 0.449. The average molecular weight is 231 g/mol. The first-order valence-electron chi connectivity index (χ1n) is 4.46. The average Bonchev–Trinajstić information content (AvgIpc) is 3.03. The first-order valence-corrected chi connectivity index (χ1v) is 4.46. The monoisotopic (exact) mass is 231 g/mol. The molecule has 0 aliphatic carbocycles. The number of rotatable bonds is 4. The van der Waals surface area contributed by atoms with Gasteiger partial charge in [-0.1, -0.05) is 0 Å². The third-order valence-electron chi connectivity index (χ3n) is 2.04. The highest BCUT2D eigenvalue weighted by molar-refractivity contribution is 5.47. The van der Waals surface area contributed by atoms with Crippen molar-refractivity contribution >= 4 is 5.69 Å². The number of benzene rings is 1. The molecule has 5 nitrogen and oxygen atoms in total. The van der Waals surface area contributed by atoms with Gasteiger partial charge in [-0.2, -0.15) is 4.39 Å². The minimum absolute atomic E-state index is 0.0266. The van der Waals surface area contributed by atoms with Crippen LogP contribution in [0.1, 0.15) is 0 Å². The zero-order valence-corrected chi connectivity index (χ0v) is 7.98. The van der Waals surface area contributed by atoms with Crippen LogP contribution in [0.2, 0.25) is 0 Å². The highest BCUT2D eigenvalue weighted by atomic mass is 19.2. The standard InChI is InChI=1S/C9H7F2NO4/c10-6-1-2-7(12(13)14)9(8(6)11)16-4-5-3-15-5/h1-2,5H,3-4H2. The van der Waals surface area contributed by atoms with Crippen molar-refractivity contribution in [1.82, 2.24) is 0 Å². The fourth-order valence-corrected chi connectivity index (χ4v) is 1.14. The molecule has 1 aromatic rings. The summed E-state index contributed by atoms with van der Waals surface area (Å²) in [6, 6.07) is 1.55. The van der Waals surface area contributed by atoms with E-state index in [1.54, 1.807) is 0 Å². The van der Waals surface area contributed by atoms with Crippen molar-refractivity contribution in [2.75, 3.05) is 13.2 Å².